The van der Waals surface area contributed by atoms with Crippen molar-refractivity contribution in [2.45, 2.75) is 12.5 Å². The van der Waals surface area contributed by atoms with Crippen molar-refractivity contribution in [1.29, 1.82) is 0 Å². The third kappa shape index (κ3) is 2.98. The van der Waals surface area contributed by atoms with Crippen molar-refractivity contribution in [1.82, 2.24) is 0 Å². The summed E-state index contributed by atoms with van der Waals surface area (Å²) in [5, 5.41) is 9.42. The van der Waals surface area contributed by atoms with Crippen LogP contribution in [0, 0.1) is 0 Å². The molecule has 1 heterocycles. The first-order chi connectivity index (χ1) is 10.7. The first kappa shape index (κ1) is 14.3. The van der Waals surface area contributed by atoms with E-state index in [-0.39, 0.29) is 18.5 Å². The van der Waals surface area contributed by atoms with Gasteiger partial charge in [-0.2, -0.15) is 0 Å². The summed E-state index contributed by atoms with van der Waals surface area (Å²) in [6.45, 7) is 0.276. The molecule has 5 heteroatoms. The third-order valence-corrected chi connectivity index (χ3v) is 3.52. The van der Waals surface area contributed by atoms with Crippen LogP contribution in [0.5, 0.6) is 17.2 Å². The smallest absolute Gasteiger partial charge is 0.338 e. The number of methoxy groups -OCH3 is 1. The Labute approximate surface area is 128 Å². The van der Waals surface area contributed by atoms with Crippen LogP contribution < -0.4 is 9.47 Å². The Balaban J connectivity index is 1.66. The van der Waals surface area contributed by atoms with Gasteiger partial charge in [0.1, 0.15) is 30.0 Å². The Morgan fingerprint density at radius 1 is 1.23 bits per heavy atom. The molecule has 5 nitrogen and oxygen atoms in total. The molecule has 1 unspecified atom stereocenters. The molecule has 0 radical (unpaired) electrons. The van der Waals surface area contributed by atoms with Gasteiger partial charge < -0.3 is 19.3 Å². The number of phenols is 1. The van der Waals surface area contributed by atoms with Gasteiger partial charge in [-0.25, -0.2) is 4.79 Å². The lowest BCUT2D eigenvalue weighted by Crippen LogP contribution is -2.31. The number of rotatable bonds is 3. The summed E-state index contributed by atoms with van der Waals surface area (Å²) in [6, 6.07) is 11.7. The average Bonchev–Trinajstić information content (AvgIpc) is 2.55. The van der Waals surface area contributed by atoms with Crippen LogP contribution in [0.3, 0.4) is 0 Å². The molecule has 1 aliphatic heterocycles. The summed E-state index contributed by atoms with van der Waals surface area (Å²) in [6.07, 6.45) is 0.226. The van der Waals surface area contributed by atoms with Crippen LogP contribution in [0.1, 0.15) is 15.9 Å². The van der Waals surface area contributed by atoms with Gasteiger partial charge in [0.15, 0.2) is 0 Å². The number of carbonyl (C=O) groups is 1. The van der Waals surface area contributed by atoms with Crippen molar-refractivity contribution in [3.05, 3.63) is 53.6 Å². The van der Waals surface area contributed by atoms with E-state index in [9.17, 15) is 9.90 Å². The zero-order valence-electron chi connectivity index (χ0n) is 12.1. The predicted octanol–water partition coefficient (Wildman–Crippen LogP) is 2.56. The normalized spacial score (nSPS) is 16.3. The topological polar surface area (TPSA) is 65.0 Å². The van der Waals surface area contributed by atoms with E-state index in [1.807, 2.05) is 0 Å². The minimum absolute atomic E-state index is 0.160. The Bertz CT molecular complexity index is 678. The van der Waals surface area contributed by atoms with Gasteiger partial charge in [-0.05, 0) is 35.9 Å². The van der Waals surface area contributed by atoms with Gasteiger partial charge in [0.25, 0.3) is 0 Å². The van der Waals surface area contributed by atoms with Crippen LogP contribution in [0.15, 0.2) is 42.5 Å². The van der Waals surface area contributed by atoms with Gasteiger partial charge in [0.2, 0.25) is 0 Å². The predicted molar refractivity (Wildman–Crippen MR) is 79.5 cm³/mol. The molecule has 0 fully saturated rings. The fourth-order valence-electron chi connectivity index (χ4n) is 2.36. The fourth-order valence-corrected chi connectivity index (χ4v) is 2.36. The summed E-state index contributed by atoms with van der Waals surface area (Å²) in [5.41, 5.74) is 1.38. The molecule has 0 bridgehead atoms. The number of aromatic hydroxyl groups is 1. The highest BCUT2D eigenvalue weighted by Gasteiger charge is 2.24. The van der Waals surface area contributed by atoms with E-state index in [4.69, 9.17) is 14.2 Å². The van der Waals surface area contributed by atoms with Gasteiger partial charge in [0, 0.05) is 12.5 Å². The van der Waals surface area contributed by atoms with E-state index in [1.165, 1.54) is 0 Å². The zero-order valence-corrected chi connectivity index (χ0v) is 12.1. The SMILES string of the molecule is COc1ccc(C(=O)OC2COc3cc(O)ccc3C2)cc1. The zero-order chi connectivity index (χ0) is 15.5. The Kier molecular flexibility index (Phi) is 3.87. The first-order valence-corrected chi connectivity index (χ1v) is 6.95. The molecule has 22 heavy (non-hydrogen) atoms. The van der Waals surface area contributed by atoms with E-state index < -0.39 is 5.97 Å². The highest BCUT2D eigenvalue weighted by Crippen LogP contribution is 2.29. The molecular weight excluding hydrogens is 284 g/mol. The molecule has 0 saturated carbocycles. The molecule has 0 aliphatic carbocycles. The van der Waals surface area contributed by atoms with Gasteiger partial charge in [-0.15, -0.1) is 0 Å². The number of esters is 1. The van der Waals surface area contributed by atoms with Crippen molar-refractivity contribution >= 4 is 5.97 Å². The van der Waals surface area contributed by atoms with Gasteiger partial charge in [-0.1, -0.05) is 6.07 Å². The fraction of sp³-hybridized carbons (Fsp3) is 0.235. The second-order valence-electron chi connectivity index (χ2n) is 5.06. The number of benzene rings is 2. The van der Waals surface area contributed by atoms with Crippen molar-refractivity contribution in [2.75, 3.05) is 13.7 Å². The number of phenolic OH excluding ortho intramolecular Hbond substituents is 1. The molecule has 1 N–H and O–H groups in total. The number of hydrogen-bond acceptors (Lipinski definition) is 5. The summed E-state index contributed by atoms with van der Waals surface area (Å²) in [7, 11) is 1.57. The Morgan fingerprint density at radius 2 is 2.00 bits per heavy atom. The average molecular weight is 300 g/mol. The van der Waals surface area contributed by atoms with Crippen molar-refractivity contribution < 1.29 is 24.1 Å². The quantitative estimate of drug-likeness (QED) is 0.883. The lowest BCUT2D eigenvalue weighted by Gasteiger charge is -2.25. The van der Waals surface area contributed by atoms with Gasteiger partial charge in [-0.3, -0.25) is 0 Å². The van der Waals surface area contributed by atoms with E-state index in [0.29, 0.717) is 23.5 Å². The maximum absolute atomic E-state index is 12.1. The van der Waals surface area contributed by atoms with Crippen molar-refractivity contribution in [3.8, 4) is 17.2 Å². The second kappa shape index (κ2) is 5.97. The summed E-state index contributed by atoms with van der Waals surface area (Å²) >= 11 is 0. The number of hydrogen-bond donors (Lipinski definition) is 1. The molecule has 1 aliphatic rings. The molecule has 114 valence electrons. The first-order valence-electron chi connectivity index (χ1n) is 6.95. The van der Waals surface area contributed by atoms with Crippen molar-refractivity contribution in [2.24, 2.45) is 0 Å². The number of carbonyl (C=O) groups excluding carboxylic acids is 1. The number of fused-ring (bicyclic) bond motifs is 1. The molecule has 2 aromatic carbocycles. The molecule has 1 atom stereocenters. The standard InChI is InChI=1S/C17H16O5/c1-20-14-6-3-11(4-7-14)17(19)22-15-8-12-2-5-13(18)9-16(12)21-10-15/h2-7,9,15,18H,8,10H2,1H3. The highest BCUT2D eigenvalue weighted by molar-refractivity contribution is 5.89. The maximum atomic E-state index is 12.1. The van der Waals surface area contributed by atoms with Crippen molar-refractivity contribution in [3.63, 3.8) is 0 Å². The Morgan fingerprint density at radius 3 is 2.73 bits per heavy atom. The van der Waals surface area contributed by atoms with Crippen LogP contribution in [-0.2, 0) is 11.2 Å². The van der Waals surface area contributed by atoms with Crippen LogP contribution in [0.25, 0.3) is 0 Å². The molecule has 2 aromatic rings. The lowest BCUT2D eigenvalue weighted by atomic mass is 10.0. The molecule has 0 aromatic heterocycles. The van der Waals surface area contributed by atoms with Crippen LogP contribution in [-0.4, -0.2) is 30.9 Å². The third-order valence-electron chi connectivity index (χ3n) is 3.52. The van der Waals surface area contributed by atoms with Crippen LogP contribution in [0.4, 0.5) is 0 Å². The minimum Gasteiger partial charge on any atom is -0.508 e. The maximum Gasteiger partial charge on any atom is 0.338 e. The van der Waals surface area contributed by atoms with E-state index in [2.05, 4.69) is 0 Å². The van der Waals surface area contributed by atoms with E-state index >= 15 is 0 Å². The largest absolute Gasteiger partial charge is 0.508 e. The monoisotopic (exact) mass is 300 g/mol. The van der Waals surface area contributed by atoms with Crippen LogP contribution >= 0.6 is 0 Å². The van der Waals surface area contributed by atoms with Crippen LogP contribution in [0.2, 0.25) is 0 Å². The van der Waals surface area contributed by atoms with E-state index in [1.54, 1.807) is 49.6 Å². The number of ether oxygens (including phenoxy) is 3. The minimum atomic E-state index is -0.390. The highest BCUT2D eigenvalue weighted by atomic mass is 16.6. The van der Waals surface area contributed by atoms with Gasteiger partial charge >= 0.3 is 5.97 Å². The molecule has 3 rings (SSSR count). The summed E-state index contributed by atoms with van der Waals surface area (Å²) < 4.78 is 16.1. The summed E-state index contributed by atoms with van der Waals surface area (Å²) in [4.78, 5) is 12.1. The molecule has 0 amide bonds. The molecule has 0 saturated heterocycles. The summed E-state index contributed by atoms with van der Waals surface area (Å²) in [5.74, 6) is 1.09. The van der Waals surface area contributed by atoms with E-state index in [0.717, 1.165) is 5.56 Å². The molecular formula is C17H16O5. The lowest BCUT2D eigenvalue weighted by molar-refractivity contribution is 0.0131. The van der Waals surface area contributed by atoms with Gasteiger partial charge in [0.05, 0.1) is 12.7 Å². The second-order valence-corrected chi connectivity index (χ2v) is 5.06. The molecule has 0 spiro atoms. The Hall–Kier alpha value is -2.69.